The molecule has 0 radical (unpaired) electrons. The van der Waals surface area contributed by atoms with Crippen LogP contribution in [0.25, 0.3) is 0 Å². The Balaban J connectivity index is 4.42. The molecular formula is C20H43NO4. The Hall–Kier alpha value is -0.200. The molecule has 5 nitrogen and oxygen atoms in total. The molecule has 25 heavy (non-hydrogen) atoms. The van der Waals surface area contributed by atoms with Gasteiger partial charge in [-0.15, -0.1) is 0 Å². The summed E-state index contributed by atoms with van der Waals surface area (Å²) < 4.78 is 16.9. The molecule has 0 aliphatic heterocycles. The number of hydrogen-bond donors (Lipinski definition) is 1. The Bertz CT molecular complexity index is 277. The number of nitrogens with zero attached hydrogens (tertiary/aromatic N) is 1. The van der Waals surface area contributed by atoms with Crippen molar-refractivity contribution in [2.75, 3.05) is 48.1 Å². The average Bonchev–Trinajstić information content (AvgIpc) is 2.64. The number of rotatable bonds is 18. The SMILES string of the molecule is CCCCCCCCC(CCCN(C)CCCO)C(OC)(OC)OC. The molecule has 5 heteroatoms. The predicted molar refractivity (Wildman–Crippen MR) is 104 cm³/mol. The highest BCUT2D eigenvalue weighted by molar-refractivity contribution is 4.72. The van der Waals surface area contributed by atoms with Crippen LogP contribution < -0.4 is 0 Å². The van der Waals surface area contributed by atoms with Crippen LogP contribution in [-0.2, 0) is 14.2 Å². The van der Waals surface area contributed by atoms with Crippen molar-refractivity contribution < 1.29 is 19.3 Å². The second kappa shape index (κ2) is 16.0. The number of unbranched alkanes of at least 4 members (excludes halogenated alkanes) is 5. The molecule has 0 saturated carbocycles. The van der Waals surface area contributed by atoms with Gasteiger partial charge in [-0.2, -0.15) is 0 Å². The van der Waals surface area contributed by atoms with Crippen molar-refractivity contribution >= 4 is 0 Å². The van der Waals surface area contributed by atoms with Gasteiger partial charge in [-0.25, -0.2) is 0 Å². The van der Waals surface area contributed by atoms with Gasteiger partial charge in [0.15, 0.2) is 0 Å². The molecule has 0 aromatic carbocycles. The highest BCUT2D eigenvalue weighted by atomic mass is 16.9. The van der Waals surface area contributed by atoms with Crippen LogP contribution >= 0.6 is 0 Å². The second-order valence-corrected chi connectivity index (χ2v) is 6.99. The van der Waals surface area contributed by atoms with Gasteiger partial charge in [0.2, 0.25) is 0 Å². The Morgan fingerprint density at radius 2 is 1.32 bits per heavy atom. The molecule has 0 saturated heterocycles. The zero-order chi connectivity index (χ0) is 19.0. The molecule has 152 valence electrons. The van der Waals surface area contributed by atoms with Gasteiger partial charge in [-0.1, -0.05) is 45.4 Å². The van der Waals surface area contributed by atoms with E-state index in [9.17, 15) is 0 Å². The van der Waals surface area contributed by atoms with E-state index in [-0.39, 0.29) is 12.5 Å². The van der Waals surface area contributed by atoms with Crippen molar-refractivity contribution in [3.63, 3.8) is 0 Å². The summed E-state index contributed by atoms with van der Waals surface area (Å²) in [4.78, 5) is 2.27. The molecule has 0 aliphatic carbocycles. The van der Waals surface area contributed by atoms with E-state index in [1.165, 1.54) is 38.5 Å². The molecule has 0 heterocycles. The van der Waals surface area contributed by atoms with Gasteiger partial charge >= 0.3 is 0 Å². The predicted octanol–water partition coefficient (Wildman–Crippen LogP) is 4.04. The second-order valence-electron chi connectivity index (χ2n) is 6.99. The molecule has 0 fully saturated rings. The van der Waals surface area contributed by atoms with Crippen molar-refractivity contribution in [1.29, 1.82) is 0 Å². The van der Waals surface area contributed by atoms with Gasteiger partial charge in [0.25, 0.3) is 5.97 Å². The maximum atomic E-state index is 8.93. The fraction of sp³-hybridized carbons (Fsp3) is 1.00. The summed E-state index contributed by atoms with van der Waals surface area (Å²) in [7, 11) is 7.09. The van der Waals surface area contributed by atoms with E-state index in [0.717, 1.165) is 38.8 Å². The van der Waals surface area contributed by atoms with E-state index in [4.69, 9.17) is 19.3 Å². The Labute approximate surface area is 156 Å². The summed E-state index contributed by atoms with van der Waals surface area (Å²) in [5, 5.41) is 8.93. The quantitative estimate of drug-likeness (QED) is 0.295. The third kappa shape index (κ3) is 10.5. The molecule has 0 aromatic heterocycles. The summed E-state index contributed by atoms with van der Waals surface area (Å²) >= 11 is 0. The first-order valence-electron chi connectivity index (χ1n) is 10.0. The highest BCUT2D eigenvalue weighted by Crippen LogP contribution is 2.32. The first kappa shape index (κ1) is 24.8. The first-order chi connectivity index (χ1) is 12.1. The lowest BCUT2D eigenvalue weighted by atomic mass is 9.92. The summed E-state index contributed by atoms with van der Waals surface area (Å²) in [6.07, 6.45) is 11.7. The van der Waals surface area contributed by atoms with Crippen molar-refractivity contribution in [3.8, 4) is 0 Å². The van der Waals surface area contributed by atoms with Crippen LogP contribution in [0.3, 0.4) is 0 Å². The minimum absolute atomic E-state index is 0.227. The molecular weight excluding hydrogens is 318 g/mol. The molecule has 1 unspecified atom stereocenters. The van der Waals surface area contributed by atoms with Crippen molar-refractivity contribution in [1.82, 2.24) is 4.90 Å². The van der Waals surface area contributed by atoms with Crippen LogP contribution in [0.4, 0.5) is 0 Å². The fourth-order valence-corrected chi connectivity index (χ4v) is 3.48. The maximum Gasteiger partial charge on any atom is 0.285 e. The van der Waals surface area contributed by atoms with E-state index in [1.54, 1.807) is 21.3 Å². The van der Waals surface area contributed by atoms with Gasteiger partial charge in [0.1, 0.15) is 0 Å². The fourth-order valence-electron chi connectivity index (χ4n) is 3.48. The number of aliphatic hydroxyl groups excluding tert-OH is 1. The van der Waals surface area contributed by atoms with E-state index in [1.807, 2.05) is 0 Å². The number of hydrogen-bond acceptors (Lipinski definition) is 5. The van der Waals surface area contributed by atoms with Crippen LogP contribution in [0.1, 0.15) is 71.1 Å². The van der Waals surface area contributed by atoms with Crippen molar-refractivity contribution in [3.05, 3.63) is 0 Å². The summed E-state index contributed by atoms with van der Waals surface area (Å²) in [6.45, 7) is 4.45. The largest absolute Gasteiger partial charge is 0.396 e. The van der Waals surface area contributed by atoms with E-state index in [2.05, 4.69) is 18.9 Å². The Morgan fingerprint density at radius 1 is 0.800 bits per heavy atom. The van der Waals surface area contributed by atoms with Gasteiger partial charge in [-0.05, 0) is 39.3 Å². The molecule has 0 amide bonds. The van der Waals surface area contributed by atoms with Gasteiger partial charge in [-0.3, -0.25) is 0 Å². The van der Waals surface area contributed by atoms with Crippen LogP contribution in [0.5, 0.6) is 0 Å². The normalized spacial score (nSPS) is 13.6. The molecule has 1 N–H and O–H groups in total. The van der Waals surface area contributed by atoms with Crippen LogP contribution in [0, 0.1) is 5.92 Å². The summed E-state index contributed by atoms with van der Waals surface area (Å²) in [6, 6.07) is 0. The minimum atomic E-state index is -0.937. The zero-order valence-electron chi connectivity index (χ0n) is 17.4. The minimum Gasteiger partial charge on any atom is -0.396 e. The highest BCUT2D eigenvalue weighted by Gasteiger charge is 2.39. The first-order valence-corrected chi connectivity index (χ1v) is 10.0. The lowest BCUT2D eigenvalue weighted by Crippen LogP contribution is -2.44. The van der Waals surface area contributed by atoms with E-state index < -0.39 is 5.97 Å². The summed E-state index contributed by atoms with van der Waals surface area (Å²) in [5.74, 6) is -0.711. The lowest BCUT2D eigenvalue weighted by Gasteiger charge is -2.36. The smallest absolute Gasteiger partial charge is 0.285 e. The van der Waals surface area contributed by atoms with E-state index in [0.29, 0.717) is 0 Å². The number of methoxy groups -OCH3 is 3. The average molecular weight is 362 g/mol. The third-order valence-electron chi connectivity index (χ3n) is 5.05. The molecule has 0 rings (SSSR count). The number of ether oxygens (including phenoxy) is 3. The standard InChI is InChI=1S/C20H43NO4/c1-6-7-8-9-10-11-14-19(20(23-3,24-4)25-5)15-12-16-21(2)17-13-18-22/h19,22H,6-18H2,1-5H3. The van der Waals surface area contributed by atoms with Gasteiger partial charge < -0.3 is 24.2 Å². The van der Waals surface area contributed by atoms with Crippen molar-refractivity contribution in [2.24, 2.45) is 5.92 Å². The van der Waals surface area contributed by atoms with E-state index >= 15 is 0 Å². The molecule has 0 bridgehead atoms. The Kier molecular flexibility index (Phi) is 15.9. The molecule has 0 spiro atoms. The third-order valence-corrected chi connectivity index (χ3v) is 5.05. The van der Waals surface area contributed by atoms with Crippen molar-refractivity contribution in [2.45, 2.75) is 77.1 Å². The maximum absolute atomic E-state index is 8.93. The zero-order valence-corrected chi connectivity index (χ0v) is 17.4. The monoisotopic (exact) mass is 361 g/mol. The summed E-state index contributed by atoms with van der Waals surface area (Å²) in [5.41, 5.74) is 0. The molecule has 1 atom stereocenters. The Morgan fingerprint density at radius 3 is 1.88 bits per heavy atom. The lowest BCUT2D eigenvalue weighted by molar-refractivity contribution is -0.380. The van der Waals surface area contributed by atoms with Crippen LogP contribution in [-0.4, -0.2) is 64.1 Å². The number of aliphatic hydroxyl groups is 1. The van der Waals surface area contributed by atoms with Gasteiger partial charge in [0.05, 0.1) is 0 Å². The van der Waals surface area contributed by atoms with Gasteiger partial charge in [0, 0.05) is 40.4 Å². The topological polar surface area (TPSA) is 51.2 Å². The van der Waals surface area contributed by atoms with Crippen LogP contribution in [0.15, 0.2) is 0 Å². The molecule has 0 aliphatic rings. The molecule has 0 aromatic rings. The van der Waals surface area contributed by atoms with Crippen LogP contribution in [0.2, 0.25) is 0 Å².